The first-order chi connectivity index (χ1) is 9.02. The van der Waals surface area contributed by atoms with Gasteiger partial charge in [0.15, 0.2) is 0 Å². The van der Waals surface area contributed by atoms with Crippen molar-refractivity contribution in [3.05, 3.63) is 70.7 Å². The van der Waals surface area contributed by atoms with E-state index in [0.29, 0.717) is 11.4 Å². The number of aliphatic carboxylic acids is 1. The predicted molar refractivity (Wildman–Crippen MR) is 76.6 cm³/mol. The number of halogens is 1. The largest absolute Gasteiger partial charge is 0.481 e. The molecule has 19 heavy (non-hydrogen) atoms. The van der Waals surface area contributed by atoms with Crippen LogP contribution in [0.2, 0.25) is 5.02 Å². The van der Waals surface area contributed by atoms with Crippen LogP contribution in [0.5, 0.6) is 0 Å². The molecule has 2 nitrogen and oxygen atoms in total. The predicted octanol–water partition coefficient (Wildman–Crippen LogP) is 3.93. The molecule has 1 atom stereocenters. The van der Waals surface area contributed by atoms with Crippen molar-refractivity contribution in [1.29, 1.82) is 0 Å². The molecule has 0 aliphatic carbocycles. The zero-order valence-electron chi connectivity index (χ0n) is 10.6. The van der Waals surface area contributed by atoms with Crippen LogP contribution in [-0.4, -0.2) is 11.1 Å². The molecule has 2 aromatic carbocycles. The van der Waals surface area contributed by atoms with Crippen LogP contribution in [0.3, 0.4) is 0 Å². The maximum Gasteiger partial charge on any atom is 0.314 e. The molecule has 98 valence electrons. The second kappa shape index (κ2) is 5.45. The van der Waals surface area contributed by atoms with Crippen molar-refractivity contribution < 1.29 is 9.90 Å². The molecule has 0 bridgehead atoms. The van der Waals surface area contributed by atoms with Gasteiger partial charge in [-0.05, 0) is 36.6 Å². The van der Waals surface area contributed by atoms with Crippen molar-refractivity contribution in [1.82, 2.24) is 0 Å². The summed E-state index contributed by atoms with van der Waals surface area (Å²) in [7, 11) is 0. The number of carbonyl (C=O) groups is 1. The van der Waals surface area contributed by atoms with Crippen molar-refractivity contribution in [3.63, 3.8) is 0 Å². The minimum absolute atomic E-state index is 0.449. The summed E-state index contributed by atoms with van der Waals surface area (Å²) in [5, 5.41) is 10.2. The Hall–Kier alpha value is -1.80. The number of rotatable bonds is 4. The quantitative estimate of drug-likeness (QED) is 0.917. The highest BCUT2D eigenvalue weighted by Gasteiger charge is 2.35. The fraction of sp³-hybridized carbons (Fsp3) is 0.188. The Morgan fingerprint density at radius 3 is 2.21 bits per heavy atom. The van der Waals surface area contributed by atoms with Crippen LogP contribution in [0.1, 0.15) is 18.1 Å². The first-order valence-electron chi connectivity index (χ1n) is 6.06. The Labute approximate surface area is 117 Å². The summed E-state index contributed by atoms with van der Waals surface area (Å²) < 4.78 is 0. The Kier molecular flexibility index (Phi) is 3.91. The van der Waals surface area contributed by atoms with Crippen LogP contribution in [-0.2, 0) is 16.6 Å². The van der Waals surface area contributed by atoms with E-state index >= 15 is 0 Å². The monoisotopic (exact) mass is 274 g/mol. The van der Waals surface area contributed by atoms with E-state index in [1.165, 1.54) is 0 Å². The van der Waals surface area contributed by atoms with Gasteiger partial charge < -0.3 is 5.11 Å². The third-order valence-corrected chi connectivity index (χ3v) is 3.61. The van der Waals surface area contributed by atoms with Crippen molar-refractivity contribution in [2.24, 2.45) is 0 Å². The maximum absolute atomic E-state index is 11.7. The fourth-order valence-electron chi connectivity index (χ4n) is 2.12. The molecule has 0 saturated carbocycles. The topological polar surface area (TPSA) is 37.3 Å². The van der Waals surface area contributed by atoms with Gasteiger partial charge >= 0.3 is 5.97 Å². The van der Waals surface area contributed by atoms with E-state index in [9.17, 15) is 9.90 Å². The first kappa shape index (κ1) is 13.6. The Morgan fingerprint density at radius 1 is 1.11 bits per heavy atom. The summed E-state index contributed by atoms with van der Waals surface area (Å²) >= 11 is 5.85. The summed E-state index contributed by atoms with van der Waals surface area (Å²) in [5.74, 6) is -0.835. The molecular formula is C16H15ClO2. The molecule has 0 aliphatic rings. The van der Waals surface area contributed by atoms with Crippen molar-refractivity contribution in [3.8, 4) is 0 Å². The Balaban J connectivity index is 2.38. The van der Waals surface area contributed by atoms with Gasteiger partial charge in [0.25, 0.3) is 0 Å². The number of carboxylic acids is 1. The molecule has 0 fully saturated rings. The lowest BCUT2D eigenvalue weighted by atomic mass is 9.77. The van der Waals surface area contributed by atoms with E-state index in [4.69, 9.17) is 11.6 Å². The van der Waals surface area contributed by atoms with Crippen LogP contribution in [0.4, 0.5) is 0 Å². The average Bonchev–Trinajstić information content (AvgIpc) is 2.40. The molecule has 0 spiro atoms. The first-order valence-corrected chi connectivity index (χ1v) is 6.43. The van der Waals surface area contributed by atoms with Crippen molar-refractivity contribution in [2.45, 2.75) is 18.8 Å². The minimum Gasteiger partial charge on any atom is -0.481 e. The summed E-state index contributed by atoms with van der Waals surface area (Å²) in [6.45, 7) is 1.74. The second-order valence-corrected chi connectivity index (χ2v) is 5.24. The molecule has 3 heteroatoms. The third-order valence-electron chi connectivity index (χ3n) is 3.35. The van der Waals surface area contributed by atoms with Gasteiger partial charge in [-0.1, -0.05) is 54.1 Å². The maximum atomic E-state index is 11.7. The van der Waals surface area contributed by atoms with Crippen LogP contribution < -0.4 is 0 Å². The third kappa shape index (κ3) is 2.96. The molecule has 0 amide bonds. The lowest BCUT2D eigenvalue weighted by Crippen LogP contribution is -2.34. The minimum atomic E-state index is -0.952. The normalized spacial score (nSPS) is 13.8. The van der Waals surface area contributed by atoms with Gasteiger partial charge in [0, 0.05) is 5.02 Å². The van der Waals surface area contributed by atoms with Gasteiger partial charge in [0.05, 0.1) is 5.41 Å². The highest BCUT2D eigenvalue weighted by atomic mass is 35.5. The van der Waals surface area contributed by atoms with Crippen LogP contribution in [0.15, 0.2) is 54.6 Å². The zero-order chi connectivity index (χ0) is 13.9. The van der Waals surface area contributed by atoms with Gasteiger partial charge in [-0.3, -0.25) is 4.79 Å². The van der Waals surface area contributed by atoms with Gasteiger partial charge in [-0.2, -0.15) is 0 Å². The van der Waals surface area contributed by atoms with E-state index in [-0.39, 0.29) is 0 Å². The highest BCUT2D eigenvalue weighted by molar-refractivity contribution is 6.30. The van der Waals surface area contributed by atoms with Crippen molar-refractivity contribution >= 4 is 17.6 Å². The molecule has 2 aromatic rings. The number of carboxylic acid groups (broad SMARTS) is 1. The molecule has 0 aliphatic heterocycles. The fourth-order valence-corrected chi connectivity index (χ4v) is 2.25. The number of hydrogen-bond acceptors (Lipinski definition) is 1. The summed E-state index contributed by atoms with van der Waals surface area (Å²) in [6, 6.07) is 16.6. The van der Waals surface area contributed by atoms with E-state index in [1.807, 2.05) is 30.3 Å². The molecule has 2 rings (SSSR count). The van der Waals surface area contributed by atoms with E-state index in [0.717, 1.165) is 11.1 Å². The van der Waals surface area contributed by atoms with Crippen LogP contribution in [0.25, 0.3) is 0 Å². The molecule has 0 radical (unpaired) electrons. The summed E-state index contributed by atoms with van der Waals surface area (Å²) in [5.41, 5.74) is 0.807. The average molecular weight is 275 g/mol. The lowest BCUT2D eigenvalue weighted by molar-refractivity contribution is -0.143. The molecule has 0 unspecified atom stereocenters. The second-order valence-electron chi connectivity index (χ2n) is 4.81. The molecule has 1 N–H and O–H groups in total. The molecular weight excluding hydrogens is 260 g/mol. The highest BCUT2D eigenvalue weighted by Crippen LogP contribution is 2.29. The zero-order valence-corrected chi connectivity index (χ0v) is 11.4. The Morgan fingerprint density at radius 2 is 1.68 bits per heavy atom. The lowest BCUT2D eigenvalue weighted by Gasteiger charge is -2.25. The van der Waals surface area contributed by atoms with E-state index in [1.54, 1.807) is 31.2 Å². The Bertz CT molecular complexity index is 563. The van der Waals surface area contributed by atoms with Gasteiger partial charge in [0.1, 0.15) is 0 Å². The van der Waals surface area contributed by atoms with Gasteiger partial charge in [0.2, 0.25) is 0 Å². The molecule has 0 saturated heterocycles. The number of benzene rings is 2. The van der Waals surface area contributed by atoms with Gasteiger partial charge in [-0.15, -0.1) is 0 Å². The van der Waals surface area contributed by atoms with Crippen LogP contribution in [0, 0.1) is 0 Å². The molecule has 0 aromatic heterocycles. The van der Waals surface area contributed by atoms with E-state index < -0.39 is 11.4 Å². The van der Waals surface area contributed by atoms with Crippen molar-refractivity contribution in [2.75, 3.05) is 0 Å². The number of hydrogen-bond donors (Lipinski definition) is 1. The smallest absolute Gasteiger partial charge is 0.314 e. The summed E-state index contributed by atoms with van der Waals surface area (Å²) in [4.78, 5) is 11.7. The standard InChI is InChI=1S/C16H15ClO2/c1-16(15(18)19,11-12-5-3-2-4-6-12)13-7-9-14(17)10-8-13/h2-10H,11H2,1H3,(H,18,19)/t16-/m1/s1. The SMILES string of the molecule is C[C@](Cc1ccccc1)(C(=O)O)c1ccc(Cl)cc1. The summed E-state index contributed by atoms with van der Waals surface area (Å²) in [6.07, 6.45) is 0.449. The molecule has 0 heterocycles. The van der Waals surface area contributed by atoms with Gasteiger partial charge in [-0.25, -0.2) is 0 Å². The van der Waals surface area contributed by atoms with Crippen LogP contribution >= 0.6 is 11.6 Å². The van der Waals surface area contributed by atoms with E-state index in [2.05, 4.69) is 0 Å².